The number of carboxylic acids is 1. The Morgan fingerprint density at radius 3 is 3.00 bits per heavy atom. The van der Waals surface area contributed by atoms with Crippen molar-refractivity contribution < 1.29 is 14.6 Å². The Balaban J connectivity index is 2.54. The first-order valence-electron chi connectivity index (χ1n) is 3.61. The quantitative estimate of drug-likeness (QED) is 0.695. The molecule has 1 unspecified atom stereocenters. The van der Waals surface area contributed by atoms with E-state index in [1.165, 1.54) is 7.11 Å². The van der Waals surface area contributed by atoms with E-state index in [0.29, 0.717) is 6.42 Å². The Bertz CT molecular complexity index is 243. The van der Waals surface area contributed by atoms with Crippen molar-refractivity contribution in [3.63, 3.8) is 0 Å². The van der Waals surface area contributed by atoms with Crippen LogP contribution in [0.5, 0.6) is 0 Å². The van der Waals surface area contributed by atoms with Gasteiger partial charge in [0.05, 0.1) is 0 Å². The standard InChI is InChI=1S/C8H11NO3/c1-12-7(8(10)11)4-6-2-3-9-5-6/h2-3,5,7,9H,4H2,1H3,(H,10,11). The predicted octanol–water partition coefficient (Wildman–Crippen LogP) is 0.657. The van der Waals surface area contributed by atoms with Crippen LogP contribution in [-0.4, -0.2) is 29.3 Å². The maximum Gasteiger partial charge on any atom is 0.333 e. The lowest BCUT2D eigenvalue weighted by Crippen LogP contribution is -2.24. The zero-order valence-corrected chi connectivity index (χ0v) is 6.78. The number of ether oxygens (including phenoxy) is 1. The molecule has 0 fully saturated rings. The molecule has 4 heteroatoms. The van der Waals surface area contributed by atoms with Gasteiger partial charge in [-0.25, -0.2) is 4.79 Å². The zero-order valence-electron chi connectivity index (χ0n) is 6.78. The molecule has 0 radical (unpaired) electrons. The molecule has 0 amide bonds. The molecule has 1 heterocycles. The maximum absolute atomic E-state index is 10.5. The van der Waals surface area contributed by atoms with E-state index in [-0.39, 0.29) is 0 Å². The van der Waals surface area contributed by atoms with Crippen LogP contribution in [0.2, 0.25) is 0 Å². The van der Waals surface area contributed by atoms with Crippen molar-refractivity contribution in [3.05, 3.63) is 24.0 Å². The summed E-state index contributed by atoms with van der Waals surface area (Å²) in [4.78, 5) is 13.4. The monoisotopic (exact) mass is 169 g/mol. The van der Waals surface area contributed by atoms with Crippen molar-refractivity contribution in [2.24, 2.45) is 0 Å². The summed E-state index contributed by atoms with van der Waals surface area (Å²) in [6.07, 6.45) is 3.16. The van der Waals surface area contributed by atoms with Crippen molar-refractivity contribution in [2.45, 2.75) is 12.5 Å². The Kier molecular flexibility index (Phi) is 2.88. The van der Waals surface area contributed by atoms with E-state index >= 15 is 0 Å². The number of methoxy groups -OCH3 is 1. The lowest BCUT2D eigenvalue weighted by atomic mass is 10.1. The highest BCUT2D eigenvalue weighted by Crippen LogP contribution is 2.04. The van der Waals surface area contributed by atoms with Gasteiger partial charge in [0.1, 0.15) is 0 Å². The van der Waals surface area contributed by atoms with Crippen molar-refractivity contribution >= 4 is 5.97 Å². The van der Waals surface area contributed by atoms with E-state index in [9.17, 15) is 4.79 Å². The molecule has 12 heavy (non-hydrogen) atoms. The predicted molar refractivity (Wildman–Crippen MR) is 42.9 cm³/mol. The number of hydrogen-bond acceptors (Lipinski definition) is 2. The van der Waals surface area contributed by atoms with Crippen molar-refractivity contribution in [3.8, 4) is 0 Å². The normalized spacial score (nSPS) is 12.8. The fourth-order valence-electron chi connectivity index (χ4n) is 0.971. The minimum absolute atomic E-state index is 0.398. The second kappa shape index (κ2) is 3.92. The molecule has 0 spiro atoms. The molecule has 0 aromatic carbocycles. The summed E-state index contributed by atoms with van der Waals surface area (Å²) in [5.41, 5.74) is 0.934. The summed E-state index contributed by atoms with van der Waals surface area (Å²) >= 11 is 0. The zero-order chi connectivity index (χ0) is 8.97. The summed E-state index contributed by atoms with van der Waals surface area (Å²) < 4.78 is 4.77. The molecular formula is C8H11NO3. The molecule has 1 rings (SSSR count). The summed E-state index contributed by atoms with van der Waals surface area (Å²) in [7, 11) is 1.39. The third-order valence-corrected chi connectivity index (χ3v) is 1.64. The largest absolute Gasteiger partial charge is 0.479 e. The van der Waals surface area contributed by atoms with Crippen LogP contribution in [0.25, 0.3) is 0 Å². The summed E-state index contributed by atoms with van der Waals surface area (Å²) in [6, 6.07) is 1.83. The topological polar surface area (TPSA) is 62.3 Å². The van der Waals surface area contributed by atoms with E-state index in [4.69, 9.17) is 9.84 Å². The highest BCUT2D eigenvalue weighted by atomic mass is 16.5. The average Bonchev–Trinajstić information content (AvgIpc) is 2.51. The van der Waals surface area contributed by atoms with Gasteiger partial charge >= 0.3 is 5.97 Å². The van der Waals surface area contributed by atoms with Crippen LogP contribution in [0.4, 0.5) is 0 Å². The van der Waals surface area contributed by atoms with Gasteiger partial charge in [0, 0.05) is 25.9 Å². The molecule has 0 aliphatic rings. The van der Waals surface area contributed by atoms with Crippen LogP contribution >= 0.6 is 0 Å². The number of nitrogens with one attached hydrogen (secondary N) is 1. The summed E-state index contributed by atoms with van der Waals surface area (Å²) in [6.45, 7) is 0. The van der Waals surface area contributed by atoms with Gasteiger partial charge in [-0.05, 0) is 11.6 Å². The molecule has 0 aliphatic carbocycles. The molecule has 1 aromatic heterocycles. The number of rotatable bonds is 4. The Labute approximate surface area is 70.2 Å². The van der Waals surface area contributed by atoms with Crippen LogP contribution in [0, 0.1) is 0 Å². The minimum atomic E-state index is -0.932. The number of aliphatic carboxylic acids is 1. The first kappa shape index (κ1) is 8.80. The first-order valence-corrected chi connectivity index (χ1v) is 3.61. The Morgan fingerprint density at radius 2 is 2.58 bits per heavy atom. The first-order chi connectivity index (χ1) is 5.74. The van der Waals surface area contributed by atoms with E-state index in [1.54, 1.807) is 12.4 Å². The molecule has 0 bridgehead atoms. The third-order valence-electron chi connectivity index (χ3n) is 1.64. The molecular weight excluding hydrogens is 158 g/mol. The number of carboxylic acid groups (broad SMARTS) is 1. The fourth-order valence-corrected chi connectivity index (χ4v) is 0.971. The Hall–Kier alpha value is -1.29. The van der Waals surface area contributed by atoms with Crippen molar-refractivity contribution in [2.75, 3.05) is 7.11 Å². The van der Waals surface area contributed by atoms with Gasteiger partial charge in [0.2, 0.25) is 0 Å². The molecule has 66 valence electrons. The van der Waals surface area contributed by atoms with Crippen molar-refractivity contribution in [1.29, 1.82) is 0 Å². The van der Waals surface area contributed by atoms with Gasteiger partial charge in [-0.3, -0.25) is 0 Å². The van der Waals surface area contributed by atoms with Gasteiger partial charge in [-0.1, -0.05) is 0 Å². The molecule has 0 saturated heterocycles. The average molecular weight is 169 g/mol. The molecule has 1 aromatic rings. The van der Waals surface area contributed by atoms with Crippen molar-refractivity contribution in [1.82, 2.24) is 4.98 Å². The van der Waals surface area contributed by atoms with Crippen LogP contribution in [-0.2, 0) is 16.0 Å². The van der Waals surface area contributed by atoms with E-state index in [0.717, 1.165) is 5.56 Å². The number of hydrogen-bond donors (Lipinski definition) is 2. The number of aromatic amines is 1. The Morgan fingerprint density at radius 1 is 1.83 bits per heavy atom. The molecule has 1 atom stereocenters. The highest BCUT2D eigenvalue weighted by Gasteiger charge is 2.16. The number of H-pyrrole nitrogens is 1. The van der Waals surface area contributed by atoms with Gasteiger partial charge in [-0.2, -0.15) is 0 Å². The second-order valence-electron chi connectivity index (χ2n) is 2.49. The van der Waals surface area contributed by atoms with Crippen LogP contribution < -0.4 is 0 Å². The third kappa shape index (κ3) is 2.10. The summed E-state index contributed by atoms with van der Waals surface area (Å²) in [5.74, 6) is -0.932. The van der Waals surface area contributed by atoms with Gasteiger partial charge in [0.25, 0.3) is 0 Å². The molecule has 0 aliphatic heterocycles. The maximum atomic E-state index is 10.5. The lowest BCUT2D eigenvalue weighted by molar-refractivity contribution is -0.148. The van der Waals surface area contributed by atoms with E-state index < -0.39 is 12.1 Å². The van der Waals surface area contributed by atoms with E-state index in [1.807, 2.05) is 6.07 Å². The van der Waals surface area contributed by atoms with E-state index in [2.05, 4.69) is 4.98 Å². The highest BCUT2D eigenvalue weighted by molar-refractivity contribution is 5.72. The minimum Gasteiger partial charge on any atom is -0.479 e. The SMILES string of the molecule is COC(Cc1cc[nH]c1)C(=O)O. The summed E-state index contributed by atoms with van der Waals surface area (Å²) in [5, 5.41) is 8.64. The molecule has 0 saturated carbocycles. The van der Waals surface area contributed by atoms with Crippen LogP contribution in [0.1, 0.15) is 5.56 Å². The van der Waals surface area contributed by atoms with Crippen LogP contribution in [0.3, 0.4) is 0 Å². The van der Waals surface area contributed by atoms with Gasteiger partial charge in [-0.15, -0.1) is 0 Å². The van der Waals surface area contributed by atoms with Gasteiger partial charge < -0.3 is 14.8 Å². The fraction of sp³-hybridized carbons (Fsp3) is 0.375. The number of aromatic nitrogens is 1. The number of carbonyl (C=O) groups is 1. The smallest absolute Gasteiger partial charge is 0.333 e. The molecule has 4 nitrogen and oxygen atoms in total. The lowest BCUT2D eigenvalue weighted by Gasteiger charge is -2.07. The molecule has 2 N–H and O–H groups in total. The van der Waals surface area contributed by atoms with Gasteiger partial charge in [0.15, 0.2) is 6.10 Å². The second-order valence-corrected chi connectivity index (χ2v) is 2.49. The van der Waals surface area contributed by atoms with Crippen LogP contribution in [0.15, 0.2) is 18.5 Å².